The van der Waals surface area contributed by atoms with Crippen LogP contribution in [0.2, 0.25) is 5.02 Å². The summed E-state index contributed by atoms with van der Waals surface area (Å²) in [7, 11) is 3.06. The van der Waals surface area contributed by atoms with Gasteiger partial charge < -0.3 is 25.8 Å². The van der Waals surface area contributed by atoms with Crippen LogP contribution in [-0.2, 0) is 4.74 Å². The van der Waals surface area contributed by atoms with Crippen LogP contribution in [0.3, 0.4) is 0 Å². The highest BCUT2D eigenvalue weighted by molar-refractivity contribution is 6.33. The van der Waals surface area contributed by atoms with Crippen LogP contribution in [0.15, 0.2) is 36.4 Å². The Kier molecular flexibility index (Phi) is 8.49. The molecule has 8 nitrogen and oxygen atoms in total. The van der Waals surface area contributed by atoms with Crippen molar-refractivity contribution in [2.45, 2.75) is 18.6 Å². The molecule has 4 N–H and O–H groups in total. The van der Waals surface area contributed by atoms with Crippen LogP contribution in [-0.4, -0.2) is 69.3 Å². The molecular weight excluding hydrogens is 451 g/mol. The van der Waals surface area contributed by atoms with Gasteiger partial charge in [-0.25, -0.2) is 4.39 Å². The number of carbonyl (C=O) groups excluding carboxylic acids is 2. The number of nitrogens with zero attached hydrogens (tertiary/aromatic N) is 1. The number of likely N-dealkylation sites (tertiary alicyclic amines) is 1. The summed E-state index contributed by atoms with van der Waals surface area (Å²) in [4.78, 5) is 27.2. The quantitative estimate of drug-likeness (QED) is 0.503. The minimum Gasteiger partial charge on any atom is -0.496 e. The maximum Gasteiger partial charge on any atom is 0.255 e. The highest BCUT2D eigenvalue weighted by atomic mass is 35.5. The van der Waals surface area contributed by atoms with Gasteiger partial charge in [-0.05, 0) is 36.8 Å². The normalized spacial score (nSPS) is 18.5. The van der Waals surface area contributed by atoms with Crippen molar-refractivity contribution in [2.24, 2.45) is 0 Å². The van der Waals surface area contributed by atoms with E-state index in [1.165, 1.54) is 43.5 Å². The summed E-state index contributed by atoms with van der Waals surface area (Å²) in [5, 5.41) is 6.12. The number of ether oxygens (including phenoxy) is 2. The van der Waals surface area contributed by atoms with Crippen LogP contribution >= 0.6 is 11.6 Å². The van der Waals surface area contributed by atoms with Crippen LogP contribution in [0.25, 0.3) is 0 Å². The second kappa shape index (κ2) is 11.3. The van der Waals surface area contributed by atoms with E-state index in [1.807, 2.05) is 0 Å². The maximum atomic E-state index is 13.0. The molecule has 0 unspecified atom stereocenters. The van der Waals surface area contributed by atoms with Crippen molar-refractivity contribution in [1.82, 2.24) is 15.5 Å². The van der Waals surface area contributed by atoms with Gasteiger partial charge in [0.1, 0.15) is 11.6 Å². The molecule has 1 aliphatic rings. The monoisotopic (exact) mass is 478 g/mol. The Labute approximate surface area is 197 Å². The lowest BCUT2D eigenvalue weighted by Crippen LogP contribution is -2.55. The number of halogens is 2. The number of hydrogen-bond donors (Lipinski definition) is 3. The first kappa shape index (κ1) is 24.8. The van der Waals surface area contributed by atoms with Gasteiger partial charge in [-0.15, -0.1) is 0 Å². The Morgan fingerprint density at radius 2 is 1.94 bits per heavy atom. The molecule has 1 aliphatic heterocycles. The van der Waals surface area contributed by atoms with Gasteiger partial charge in [-0.1, -0.05) is 11.6 Å². The zero-order valence-electron chi connectivity index (χ0n) is 18.6. The van der Waals surface area contributed by atoms with Crippen molar-refractivity contribution in [3.8, 4) is 5.75 Å². The summed E-state index contributed by atoms with van der Waals surface area (Å²) in [6.07, 6.45) is 0.437. The molecule has 10 heteroatoms. The number of carbonyl (C=O) groups is 2. The van der Waals surface area contributed by atoms with Crippen molar-refractivity contribution in [1.29, 1.82) is 0 Å². The van der Waals surface area contributed by atoms with E-state index in [4.69, 9.17) is 26.8 Å². The summed E-state index contributed by atoms with van der Waals surface area (Å²) in [5.41, 5.74) is 6.84. The van der Waals surface area contributed by atoms with Gasteiger partial charge in [-0.2, -0.15) is 0 Å². The summed E-state index contributed by atoms with van der Waals surface area (Å²) in [6, 6.07) is 8.22. The van der Waals surface area contributed by atoms with Crippen LogP contribution in [0, 0.1) is 5.82 Å². The number of benzene rings is 2. The third kappa shape index (κ3) is 6.34. The van der Waals surface area contributed by atoms with Crippen LogP contribution in [0.5, 0.6) is 5.75 Å². The fourth-order valence-electron chi connectivity index (χ4n) is 3.78. The van der Waals surface area contributed by atoms with E-state index < -0.39 is 0 Å². The largest absolute Gasteiger partial charge is 0.496 e. The molecule has 0 saturated carbocycles. The highest BCUT2D eigenvalue weighted by Gasteiger charge is 2.31. The Morgan fingerprint density at radius 3 is 2.61 bits per heavy atom. The van der Waals surface area contributed by atoms with Gasteiger partial charge in [0, 0.05) is 44.9 Å². The molecule has 2 aromatic rings. The molecule has 1 heterocycles. The predicted molar refractivity (Wildman–Crippen MR) is 124 cm³/mol. The van der Waals surface area contributed by atoms with Gasteiger partial charge in [-0.3, -0.25) is 14.5 Å². The minimum absolute atomic E-state index is 0.200. The molecule has 2 aromatic carbocycles. The summed E-state index contributed by atoms with van der Waals surface area (Å²) in [6.45, 7) is 2.37. The molecular formula is C23H28ClFN4O4. The van der Waals surface area contributed by atoms with Gasteiger partial charge in [0.15, 0.2) is 0 Å². The van der Waals surface area contributed by atoms with Gasteiger partial charge >= 0.3 is 0 Å². The Hall–Kier alpha value is -2.88. The number of nitrogens with two attached hydrogens (primary N) is 1. The summed E-state index contributed by atoms with van der Waals surface area (Å²) < 4.78 is 23.9. The Morgan fingerprint density at radius 1 is 1.21 bits per heavy atom. The van der Waals surface area contributed by atoms with Crippen molar-refractivity contribution >= 4 is 29.1 Å². The van der Waals surface area contributed by atoms with Crippen molar-refractivity contribution < 1.29 is 23.5 Å². The first-order valence-corrected chi connectivity index (χ1v) is 10.9. The number of rotatable bonds is 8. The smallest absolute Gasteiger partial charge is 0.255 e. The Bertz CT molecular complexity index is 989. The second-order valence-electron chi connectivity index (χ2n) is 7.78. The number of amides is 2. The highest BCUT2D eigenvalue weighted by Crippen LogP contribution is 2.29. The second-order valence-corrected chi connectivity index (χ2v) is 8.19. The number of piperidine rings is 1. The number of nitrogens with one attached hydrogen (secondary N) is 2. The predicted octanol–water partition coefficient (Wildman–Crippen LogP) is 2.32. The molecule has 1 saturated heterocycles. The van der Waals surface area contributed by atoms with Crippen molar-refractivity contribution in [2.75, 3.05) is 46.1 Å². The van der Waals surface area contributed by atoms with E-state index in [0.717, 1.165) is 6.54 Å². The minimum atomic E-state index is -0.384. The first-order valence-electron chi connectivity index (χ1n) is 10.5. The van der Waals surface area contributed by atoms with E-state index in [-0.39, 0.29) is 34.8 Å². The van der Waals surface area contributed by atoms with Gasteiger partial charge in [0.05, 0.1) is 35.5 Å². The van der Waals surface area contributed by atoms with Crippen LogP contribution in [0.1, 0.15) is 27.1 Å². The lowest BCUT2D eigenvalue weighted by molar-refractivity contribution is 0.00682. The van der Waals surface area contributed by atoms with Crippen molar-refractivity contribution in [3.63, 3.8) is 0 Å². The average molecular weight is 479 g/mol. The van der Waals surface area contributed by atoms with E-state index in [0.29, 0.717) is 48.6 Å². The first-order chi connectivity index (χ1) is 15.8. The number of methoxy groups -OCH3 is 2. The third-order valence-electron chi connectivity index (χ3n) is 5.65. The van der Waals surface area contributed by atoms with Gasteiger partial charge in [0.25, 0.3) is 11.8 Å². The fraction of sp³-hybridized carbons (Fsp3) is 0.391. The van der Waals surface area contributed by atoms with Gasteiger partial charge in [0.2, 0.25) is 0 Å². The van der Waals surface area contributed by atoms with Crippen molar-refractivity contribution in [3.05, 3.63) is 58.4 Å². The Balaban J connectivity index is 1.52. The number of hydrogen-bond acceptors (Lipinski definition) is 6. The standard InChI is InChI=1S/C23H28ClFN4O4/c1-32-20-12-18(26)17(24)11-16(20)23(31)28-19-7-9-29(13-21(19)33-2)10-8-27-22(30)14-3-5-15(25)6-4-14/h3-6,11-12,19,21H,7-10,13,26H2,1-2H3,(H,27,30)(H,28,31)/t19-,21+/m0/s1. The van der Waals surface area contributed by atoms with E-state index in [2.05, 4.69) is 15.5 Å². The average Bonchev–Trinajstić information content (AvgIpc) is 2.81. The molecule has 0 bridgehead atoms. The molecule has 0 aromatic heterocycles. The zero-order chi connectivity index (χ0) is 24.0. The molecule has 1 fully saturated rings. The zero-order valence-corrected chi connectivity index (χ0v) is 19.3. The fourth-order valence-corrected chi connectivity index (χ4v) is 3.94. The third-order valence-corrected chi connectivity index (χ3v) is 5.97. The molecule has 3 rings (SSSR count). The summed E-state index contributed by atoms with van der Waals surface area (Å²) in [5.74, 6) is -0.611. The lowest BCUT2D eigenvalue weighted by atomic mass is 10.0. The molecule has 2 amide bonds. The van der Waals surface area contributed by atoms with Crippen LogP contribution < -0.4 is 21.1 Å². The van der Waals surface area contributed by atoms with E-state index in [1.54, 1.807) is 7.11 Å². The molecule has 33 heavy (non-hydrogen) atoms. The number of nitrogen functional groups attached to an aromatic ring is 1. The topological polar surface area (TPSA) is 106 Å². The summed E-state index contributed by atoms with van der Waals surface area (Å²) >= 11 is 6.08. The maximum absolute atomic E-state index is 13.0. The number of anilines is 1. The SMILES string of the molecule is COc1cc(N)c(Cl)cc1C(=O)N[C@H]1CCN(CCNC(=O)c2ccc(F)cc2)C[C@H]1OC. The molecule has 178 valence electrons. The molecule has 0 spiro atoms. The molecule has 0 aliphatic carbocycles. The van der Waals surface area contributed by atoms with E-state index in [9.17, 15) is 14.0 Å². The molecule has 2 atom stereocenters. The lowest BCUT2D eigenvalue weighted by Gasteiger charge is -2.38. The van der Waals surface area contributed by atoms with E-state index >= 15 is 0 Å². The van der Waals surface area contributed by atoms with Crippen LogP contribution in [0.4, 0.5) is 10.1 Å². The molecule has 0 radical (unpaired) electrons.